The van der Waals surface area contributed by atoms with Gasteiger partial charge in [0.1, 0.15) is 17.6 Å². The molecule has 0 amide bonds. The molecule has 154 valence electrons. The first-order chi connectivity index (χ1) is 13.1. The molecule has 0 saturated carbocycles. The van der Waals surface area contributed by atoms with Gasteiger partial charge < -0.3 is 24.6 Å². The lowest BCUT2D eigenvalue weighted by Crippen LogP contribution is -2.36. The van der Waals surface area contributed by atoms with Crippen molar-refractivity contribution in [2.24, 2.45) is 4.99 Å². The van der Waals surface area contributed by atoms with Crippen LogP contribution in [0.5, 0.6) is 11.5 Å². The Bertz CT molecular complexity index is 809. The molecule has 1 unspecified atom stereocenters. The summed E-state index contributed by atoms with van der Waals surface area (Å²) in [4.78, 5) is 8.85. The van der Waals surface area contributed by atoms with Gasteiger partial charge in [-0.25, -0.2) is 4.99 Å². The molecule has 0 spiro atoms. The highest BCUT2D eigenvalue weighted by Crippen LogP contribution is 2.35. The molecule has 1 aliphatic rings. The molecule has 1 aromatic carbocycles. The van der Waals surface area contributed by atoms with Crippen LogP contribution in [-0.4, -0.2) is 35.4 Å². The molecule has 0 bridgehead atoms. The fourth-order valence-corrected chi connectivity index (χ4v) is 2.97. The van der Waals surface area contributed by atoms with Crippen molar-refractivity contribution in [1.29, 1.82) is 0 Å². The molecule has 2 N–H and O–H groups in total. The van der Waals surface area contributed by atoms with Crippen LogP contribution in [0.3, 0.4) is 0 Å². The van der Waals surface area contributed by atoms with Gasteiger partial charge >= 0.3 is 0 Å². The zero-order valence-electron chi connectivity index (χ0n) is 16.7. The summed E-state index contributed by atoms with van der Waals surface area (Å²) in [6.45, 7) is 10.1. The molecule has 1 atom stereocenters. The molecule has 0 fully saturated rings. The predicted octanol–water partition coefficient (Wildman–Crippen LogP) is 2.97. The minimum Gasteiger partial charge on any atom is -0.494 e. The maximum Gasteiger partial charge on any atom is 0.246 e. The van der Waals surface area contributed by atoms with E-state index in [0.717, 1.165) is 30.0 Å². The lowest BCUT2D eigenvalue weighted by Gasteiger charge is -2.13. The van der Waals surface area contributed by atoms with Gasteiger partial charge in [-0.1, -0.05) is 5.16 Å². The number of aliphatic imine (C=N–C) groups is 1. The Hall–Kier alpha value is -2.04. The molecule has 0 saturated heterocycles. The zero-order valence-corrected chi connectivity index (χ0v) is 19.1. The Kier molecular flexibility index (Phi) is 8.34. The fourth-order valence-electron chi connectivity index (χ4n) is 2.97. The van der Waals surface area contributed by atoms with Crippen molar-refractivity contribution < 1.29 is 14.0 Å². The van der Waals surface area contributed by atoms with E-state index in [2.05, 4.69) is 38.8 Å². The first kappa shape index (κ1) is 22.3. The van der Waals surface area contributed by atoms with Gasteiger partial charge in [0.25, 0.3) is 0 Å². The van der Waals surface area contributed by atoms with Crippen molar-refractivity contribution in [1.82, 2.24) is 20.8 Å². The summed E-state index contributed by atoms with van der Waals surface area (Å²) < 4.78 is 16.8. The van der Waals surface area contributed by atoms with Crippen LogP contribution in [0, 0.1) is 6.92 Å². The summed E-state index contributed by atoms with van der Waals surface area (Å²) in [7, 11) is 0. The Morgan fingerprint density at radius 3 is 2.82 bits per heavy atom. The number of halogens is 1. The van der Waals surface area contributed by atoms with Crippen LogP contribution in [0.4, 0.5) is 0 Å². The van der Waals surface area contributed by atoms with Crippen molar-refractivity contribution in [3.05, 3.63) is 35.0 Å². The molecule has 0 radical (unpaired) electrons. The van der Waals surface area contributed by atoms with Gasteiger partial charge in [0.15, 0.2) is 11.8 Å². The highest BCUT2D eigenvalue weighted by Gasteiger charge is 2.21. The number of ether oxygens (including phenoxy) is 2. The van der Waals surface area contributed by atoms with Gasteiger partial charge in [0.2, 0.25) is 5.89 Å². The monoisotopic (exact) mass is 501 g/mol. The average molecular weight is 501 g/mol. The normalized spacial score (nSPS) is 15.4. The highest BCUT2D eigenvalue weighted by molar-refractivity contribution is 14.0. The van der Waals surface area contributed by atoms with Crippen LogP contribution in [0.2, 0.25) is 0 Å². The second-order valence-electron chi connectivity index (χ2n) is 6.42. The molecule has 0 aliphatic carbocycles. The summed E-state index contributed by atoms with van der Waals surface area (Å²) in [5.74, 6) is 3.60. The number of aromatic nitrogens is 2. The number of nitrogens with one attached hydrogen (secondary N) is 2. The molecular formula is C19H28IN5O3. The number of aryl methyl sites for hydroxylation is 1. The van der Waals surface area contributed by atoms with E-state index in [0.29, 0.717) is 37.4 Å². The first-order valence-electron chi connectivity index (χ1n) is 9.35. The number of hydrogen-bond donors (Lipinski definition) is 2. The van der Waals surface area contributed by atoms with E-state index in [4.69, 9.17) is 14.0 Å². The molecular weight excluding hydrogens is 473 g/mol. The quantitative estimate of drug-likeness (QED) is 0.342. The largest absolute Gasteiger partial charge is 0.494 e. The van der Waals surface area contributed by atoms with Crippen molar-refractivity contribution in [3.63, 3.8) is 0 Å². The average Bonchev–Trinajstić information content (AvgIpc) is 3.21. The summed E-state index contributed by atoms with van der Waals surface area (Å²) in [5, 5.41) is 10.2. The number of guanidine groups is 1. The lowest BCUT2D eigenvalue weighted by atomic mass is 10.1. The number of hydrogen-bond acceptors (Lipinski definition) is 6. The third-order valence-corrected chi connectivity index (χ3v) is 4.11. The van der Waals surface area contributed by atoms with Crippen LogP contribution in [0.25, 0.3) is 0 Å². The van der Waals surface area contributed by atoms with Gasteiger partial charge in [0, 0.05) is 24.1 Å². The van der Waals surface area contributed by atoms with E-state index in [9.17, 15) is 0 Å². The molecule has 28 heavy (non-hydrogen) atoms. The predicted molar refractivity (Wildman–Crippen MR) is 118 cm³/mol. The van der Waals surface area contributed by atoms with Gasteiger partial charge in [-0.3, -0.25) is 0 Å². The summed E-state index contributed by atoms with van der Waals surface area (Å²) in [6, 6.07) is 4.12. The molecule has 1 aliphatic heterocycles. The molecule has 3 rings (SSSR count). The van der Waals surface area contributed by atoms with E-state index in [1.165, 1.54) is 5.56 Å². The highest BCUT2D eigenvalue weighted by atomic mass is 127. The zero-order chi connectivity index (χ0) is 19.2. The Balaban J connectivity index is 0.00000280. The lowest BCUT2D eigenvalue weighted by molar-refractivity contribution is 0.254. The summed E-state index contributed by atoms with van der Waals surface area (Å²) in [5.41, 5.74) is 2.19. The summed E-state index contributed by atoms with van der Waals surface area (Å²) >= 11 is 0. The van der Waals surface area contributed by atoms with Gasteiger partial charge in [-0.15, -0.1) is 24.0 Å². The smallest absolute Gasteiger partial charge is 0.246 e. The van der Waals surface area contributed by atoms with Crippen LogP contribution >= 0.6 is 24.0 Å². The van der Waals surface area contributed by atoms with Crippen LogP contribution in [0.15, 0.2) is 21.6 Å². The number of rotatable bonds is 7. The van der Waals surface area contributed by atoms with Gasteiger partial charge in [0.05, 0.1) is 19.7 Å². The maximum atomic E-state index is 5.88. The van der Waals surface area contributed by atoms with E-state index in [1.807, 2.05) is 19.9 Å². The Morgan fingerprint density at radius 2 is 2.14 bits per heavy atom. The summed E-state index contributed by atoms with van der Waals surface area (Å²) in [6.07, 6.45) is 1.11. The second kappa shape index (κ2) is 10.5. The second-order valence-corrected chi connectivity index (χ2v) is 6.42. The van der Waals surface area contributed by atoms with Crippen molar-refractivity contribution in [2.75, 3.05) is 13.2 Å². The van der Waals surface area contributed by atoms with Crippen molar-refractivity contribution in [2.45, 2.75) is 53.3 Å². The minimum atomic E-state index is 0. The number of nitrogens with zero attached hydrogens (tertiary/aromatic N) is 3. The number of fused-ring (bicyclic) bond motifs is 1. The molecule has 2 heterocycles. The SMILES string of the molecule is CCNC(=NCc1cc2c(cc1OCC)CC(C)O2)NCc1nc(C)no1.I. The van der Waals surface area contributed by atoms with Crippen molar-refractivity contribution in [3.8, 4) is 11.5 Å². The van der Waals surface area contributed by atoms with Gasteiger partial charge in [-0.2, -0.15) is 4.98 Å². The standard InChI is InChI=1S/C19H27N5O3.HI/c1-5-20-19(22-11-18-23-13(4)24-27-18)21-10-15-9-17-14(7-12(3)26-17)8-16(15)25-6-2;/h8-9,12H,5-7,10-11H2,1-4H3,(H2,20,21,22);1H. The minimum absolute atomic E-state index is 0. The van der Waals surface area contributed by atoms with Gasteiger partial charge in [-0.05, 0) is 39.8 Å². The fraction of sp³-hybridized carbons (Fsp3) is 0.526. The van der Waals surface area contributed by atoms with Crippen LogP contribution in [-0.2, 0) is 19.5 Å². The molecule has 2 aromatic rings. The first-order valence-corrected chi connectivity index (χ1v) is 9.35. The van der Waals surface area contributed by atoms with E-state index < -0.39 is 0 Å². The van der Waals surface area contributed by atoms with Crippen LogP contribution < -0.4 is 20.1 Å². The molecule has 9 heteroatoms. The molecule has 1 aromatic heterocycles. The Labute approximate surface area is 182 Å². The third-order valence-electron chi connectivity index (χ3n) is 4.11. The van der Waals surface area contributed by atoms with E-state index >= 15 is 0 Å². The van der Waals surface area contributed by atoms with E-state index in [-0.39, 0.29) is 30.1 Å². The van der Waals surface area contributed by atoms with Crippen molar-refractivity contribution >= 4 is 29.9 Å². The molecule has 8 nitrogen and oxygen atoms in total. The Morgan fingerprint density at radius 1 is 1.32 bits per heavy atom. The van der Waals surface area contributed by atoms with Crippen LogP contribution in [0.1, 0.15) is 43.6 Å². The topological polar surface area (TPSA) is 93.8 Å². The maximum absolute atomic E-state index is 5.88. The number of benzene rings is 1. The third kappa shape index (κ3) is 5.73. The van der Waals surface area contributed by atoms with E-state index in [1.54, 1.807) is 6.92 Å².